The number of hydroxylamine groups is 1. The highest BCUT2D eigenvalue weighted by Gasteiger charge is 2.26. The molecule has 158 valence electrons. The van der Waals surface area contributed by atoms with Crippen LogP contribution in [0.1, 0.15) is 42.9 Å². The molecule has 1 atom stereocenters. The Bertz CT molecular complexity index is 955. The van der Waals surface area contributed by atoms with Gasteiger partial charge in [-0.25, -0.2) is 9.87 Å². The summed E-state index contributed by atoms with van der Waals surface area (Å²) in [5.74, 6) is -0.955. The first-order valence-electron chi connectivity index (χ1n) is 10.2. The molecule has 3 rings (SSSR count). The number of para-hydroxylation sites is 1. The normalized spacial score (nSPS) is 17.6. The Morgan fingerprint density at radius 1 is 1.33 bits per heavy atom. The van der Waals surface area contributed by atoms with Gasteiger partial charge in [0.15, 0.2) is 0 Å². The molecule has 5 nitrogen and oxygen atoms in total. The maximum absolute atomic E-state index is 14.6. The highest BCUT2D eigenvalue weighted by Crippen LogP contribution is 2.32. The van der Waals surface area contributed by atoms with Crippen molar-refractivity contribution in [1.29, 1.82) is 0 Å². The molecule has 0 bridgehead atoms. The summed E-state index contributed by atoms with van der Waals surface area (Å²) in [5, 5.41) is 8.52. The van der Waals surface area contributed by atoms with Crippen molar-refractivity contribution >= 4 is 23.2 Å². The number of hydrogen-bond donors (Lipinski definition) is 3. The Kier molecular flexibility index (Phi) is 7.38. The number of amides is 1. The van der Waals surface area contributed by atoms with Gasteiger partial charge in [0.2, 0.25) is 0 Å². The summed E-state index contributed by atoms with van der Waals surface area (Å²) in [6, 6.07) is 13.2. The predicted octanol–water partition coefficient (Wildman–Crippen LogP) is 4.38. The van der Waals surface area contributed by atoms with E-state index in [-0.39, 0.29) is 5.82 Å². The molecule has 1 heterocycles. The fourth-order valence-corrected chi connectivity index (χ4v) is 3.98. The van der Waals surface area contributed by atoms with Gasteiger partial charge in [-0.1, -0.05) is 36.4 Å². The second-order valence-electron chi connectivity index (χ2n) is 7.53. The first kappa shape index (κ1) is 21.7. The third kappa shape index (κ3) is 5.34. The number of allylic oxidation sites excluding steroid dienone is 1. The van der Waals surface area contributed by atoms with Crippen molar-refractivity contribution in [2.45, 2.75) is 38.8 Å². The molecular weight excluding hydrogens is 381 g/mol. The molecule has 1 amide bonds. The van der Waals surface area contributed by atoms with Crippen molar-refractivity contribution in [1.82, 2.24) is 10.4 Å². The lowest BCUT2D eigenvalue weighted by atomic mass is 9.95. The average molecular weight is 410 g/mol. The molecule has 1 aliphatic heterocycles. The van der Waals surface area contributed by atoms with E-state index in [4.69, 9.17) is 10.9 Å². The molecule has 2 aromatic carbocycles. The van der Waals surface area contributed by atoms with Gasteiger partial charge in [0.1, 0.15) is 5.82 Å². The van der Waals surface area contributed by atoms with Crippen LogP contribution in [0.4, 0.5) is 10.1 Å². The molecule has 0 aliphatic carbocycles. The Hall–Kier alpha value is -2.96. The molecule has 4 N–H and O–H groups in total. The van der Waals surface area contributed by atoms with Crippen LogP contribution in [0.2, 0.25) is 0 Å². The van der Waals surface area contributed by atoms with Crippen LogP contribution in [-0.2, 0) is 11.3 Å². The van der Waals surface area contributed by atoms with Gasteiger partial charge < -0.3 is 5.73 Å². The Labute approximate surface area is 176 Å². The molecule has 1 saturated heterocycles. The van der Waals surface area contributed by atoms with Crippen LogP contribution in [-0.4, -0.2) is 28.6 Å². The van der Waals surface area contributed by atoms with Crippen molar-refractivity contribution in [3.63, 3.8) is 0 Å². The van der Waals surface area contributed by atoms with Gasteiger partial charge in [-0.15, -0.1) is 0 Å². The number of halogens is 1. The minimum absolute atomic E-state index is 0.300. The van der Waals surface area contributed by atoms with E-state index in [0.717, 1.165) is 43.1 Å². The second kappa shape index (κ2) is 10.2. The molecule has 0 saturated carbocycles. The zero-order valence-corrected chi connectivity index (χ0v) is 17.1. The van der Waals surface area contributed by atoms with Gasteiger partial charge in [0.05, 0.1) is 0 Å². The highest BCUT2D eigenvalue weighted by atomic mass is 19.1. The Balaban J connectivity index is 1.70. The first-order chi connectivity index (χ1) is 14.5. The fourth-order valence-electron chi connectivity index (χ4n) is 3.98. The van der Waals surface area contributed by atoms with Crippen LogP contribution in [0.3, 0.4) is 0 Å². The summed E-state index contributed by atoms with van der Waals surface area (Å²) in [7, 11) is 0. The molecule has 0 spiro atoms. The van der Waals surface area contributed by atoms with E-state index in [9.17, 15) is 9.18 Å². The van der Waals surface area contributed by atoms with E-state index < -0.39 is 5.91 Å². The molecule has 1 unspecified atom stereocenters. The van der Waals surface area contributed by atoms with E-state index in [1.54, 1.807) is 12.1 Å². The van der Waals surface area contributed by atoms with E-state index in [1.165, 1.54) is 23.2 Å². The van der Waals surface area contributed by atoms with Gasteiger partial charge >= 0.3 is 0 Å². The van der Waals surface area contributed by atoms with Crippen molar-refractivity contribution in [2.75, 3.05) is 12.3 Å². The van der Waals surface area contributed by atoms with Gasteiger partial charge in [0.25, 0.3) is 5.91 Å². The molecule has 6 heteroatoms. The van der Waals surface area contributed by atoms with E-state index in [1.807, 2.05) is 31.2 Å². The second-order valence-corrected chi connectivity index (χ2v) is 7.53. The van der Waals surface area contributed by atoms with E-state index in [2.05, 4.69) is 11.0 Å². The Morgan fingerprint density at radius 3 is 2.83 bits per heavy atom. The number of carbonyl (C=O) groups is 1. The maximum Gasteiger partial charge on any atom is 0.267 e. The summed E-state index contributed by atoms with van der Waals surface area (Å²) < 4.78 is 14.6. The van der Waals surface area contributed by atoms with E-state index >= 15 is 0 Å². The van der Waals surface area contributed by atoms with Crippen molar-refractivity contribution in [3.05, 3.63) is 77.1 Å². The third-order valence-corrected chi connectivity index (χ3v) is 5.60. The number of hydrogen-bond acceptors (Lipinski definition) is 4. The number of carbonyl (C=O) groups excluding carboxylic acids is 1. The van der Waals surface area contributed by atoms with Crippen LogP contribution < -0.4 is 11.2 Å². The quantitative estimate of drug-likeness (QED) is 0.274. The number of benzene rings is 2. The summed E-state index contributed by atoms with van der Waals surface area (Å²) in [6.07, 6.45) is 7.77. The summed E-state index contributed by atoms with van der Waals surface area (Å²) >= 11 is 0. The van der Waals surface area contributed by atoms with Gasteiger partial charge in [0, 0.05) is 35.5 Å². The molecular formula is C24H28FN3O2. The van der Waals surface area contributed by atoms with Crippen LogP contribution in [0.15, 0.2) is 54.6 Å². The standard InChI is InChI=1S/C24H28FN3O2/c1-2-18(21-7-3-4-8-23(21)26)15-20-6-5-13-28(20)16-19-11-9-17(14-22(19)25)10-12-24(29)27-30/h2-4,7-12,14,20,30H,5-6,13,15-16,26H2,1H3,(H,27,29)/b12-10+,18-2+. The van der Waals surface area contributed by atoms with Crippen molar-refractivity contribution in [2.24, 2.45) is 0 Å². The zero-order chi connectivity index (χ0) is 21.5. The van der Waals surface area contributed by atoms with Crippen molar-refractivity contribution in [3.8, 4) is 0 Å². The lowest BCUT2D eigenvalue weighted by Crippen LogP contribution is -2.29. The lowest BCUT2D eigenvalue weighted by molar-refractivity contribution is -0.124. The number of nitrogens with zero attached hydrogens (tertiary/aromatic N) is 1. The first-order valence-corrected chi connectivity index (χ1v) is 10.2. The molecule has 0 aromatic heterocycles. The zero-order valence-electron chi connectivity index (χ0n) is 17.1. The van der Waals surface area contributed by atoms with Gasteiger partial charge in [-0.3, -0.25) is 14.9 Å². The minimum atomic E-state index is -0.654. The van der Waals surface area contributed by atoms with Crippen LogP contribution in [0, 0.1) is 5.82 Å². The molecule has 2 aromatic rings. The smallest absolute Gasteiger partial charge is 0.267 e. The number of rotatable bonds is 7. The summed E-state index contributed by atoms with van der Waals surface area (Å²) in [6.45, 7) is 3.51. The van der Waals surface area contributed by atoms with Crippen LogP contribution in [0.5, 0.6) is 0 Å². The molecule has 1 fully saturated rings. The third-order valence-electron chi connectivity index (χ3n) is 5.60. The number of likely N-dealkylation sites (tertiary alicyclic amines) is 1. The summed E-state index contributed by atoms with van der Waals surface area (Å²) in [4.78, 5) is 13.4. The molecule has 0 radical (unpaired) electrons. The number of nitrogens with one attached hydrogen (secondary N) is 1. The monoisotopic (exact) mass is 409 g/mol. The van der Waals surface area contributed by atoms with Crippen molar-refractivity contribution < 1.29 is 14.4 Å². The number of nitrogens with two attached hydrogens (primary N) is 1. The summed E-state index contributed by atoms with van der Waals surface area (Å²) in [5.41, 5.74) is 11.9. The van der Waals surface area contributed by atoms with Gasteiger partial charge in [-0.2, -0.15) is 0 Å². The molecule has 1 aliphatic rings. The van der Waals surface area contributed by atoms with Gasteiger partial charge in [-0.05, 0) is 62.1 Å². The SMILES string of the molecule is C/C=C(\CC1CCCN1Cc1ccc(/C=C/C(=O)NO)cc1F)c1ccccc1N. The van der Waals surface area contributed by atoms with Crippen LogP contribution in [0.25, 0.3) is 11.6 Å². The topological polar surface area (TPSA) is 78.6 Å². The average Bonchev–Trinajstić information content (AvgIpc) is 3.19. The Morgan fingerprint density at radius 2 is 2.13 bits per heavy atom. The fraction of sp³-hybridized carbons (Fsp3) is 0.292. The highest BCUT2D eigenvalue weighted by molar-refractivity contribution is 5.90. The molecule has 30 heavy (non-hydrogen) atoms. The van der Waals surface area contributed by atoms with Crippen LogP contribution >= 0.6 is 0 Å². The number of anilines is 1. The predicted molar refractivity (Wildman–Crippen MR) is 118 cm³/mol. The lowest BCUT2D eigenvalue weighted by Gasteiger charge is -2.26. The maximum atomic E-state index is 14.6. The minimum Gasteiger partial charge on any atom is -0.398 e. The number of nitrogen functional groups attached to an aromatic ring is 1. The van der Waals surface area contributed by atoms with E-state index in [0.29, 0.717) is 23.7 Å². The largest absolute Gasteiger partial charge is 0.398 e.